The van der Waals surface area contributed by atoms with Crippen LogP contribution in [0.15, 0.2) is 54.6 Å². The maximum atomic E-state index is 12.5. The monoisotopic (exact) mass is 507 g/mol. The molecule has 2 heterocycles. The lowest BCUT2D eigenvalue weighted by molar-refractivity contribution is -0.151. The van der Waals surface area contributed by atoms with Crippen molar-refractivity contribution in [3.05, 3.63) is 65.7 Å². The van der Waals surface area contributed by atoms with Gasteiger partial charge in [-0.25, -0.2) is 4.79 Å². The minimum absolute atomic E-state index is 0.0472. The summed E-state index contributed by atoms with van der Waals surface area (Å²) in [6.45, 7) is 3.74. The van der Waals surface area contributed by atoms with Gasteiger partial charge in [0.1, 0.15) is 18.5 Å². The highest BCUT2D eigenvalue weighted by atomic mass is 16.6. The quantitative estimate of drug-likeness (QED) is 0.314. The molecule has 0 aliphatic carbocycles. The van der Waals surface area contributed by atoms with Crippen LogP contribution in [0.3, 0.4) is 0 Å². The molecule has 0 aromatic heterocycles. The molecule has 37 heavy (non-hydrogen) atoms. The van der Waals surface area contributed by atoms with E-state index in [1.807, 2.05) is 11.0 Å². The van der Waals surface area contributed by atoms with Crippen molar-refractivity contribution in [1.82, 2.24) is 15.1 Å². The van der Waals surface area contributed by atoms with Gasteiger partial charge < -0.3 is 19.7 Å². The molecule has 2 N–H and O–H groups in total. The van der Waals surface area contributed by atoms with Gasteiger partial charge in [-0.15, -0.1) is 0 Å². The lowest BCUT2D eigenvalue weighted by Crippen LogP contribution is -2.53. The van der Waals surface area contributed by atoms with Crippen molar-refractivity contribution in [2.75, 3.05) is 50.8 Å². The van der Waals surface area contributed by atoms with Crippen LogP contribution in [0, 0.1) is 5.41 Å². The second-order valence-corrected chi connectivity index (χ2v) is 8.71. The standard InChI is InChI=1S/C26H29N5O6/c1-2-36-23(33)17-30-13-12-29(16-22(30)32)14-21-15-31(26(35)37-21)20-10-8-18(9-11-20)24(27)28-25(34)19-6-4-3-5-7-19/h3-11,21H,2,12-17H2,1H3,(H2,27,28,34). The Kier molecular flexibility index (Phi) is 8.14. The SMILES string of the molecule is CCOC(=O)CN1CCN(CC2CN(c3ccc(C(=N)NC(=O)c4ccccc4)cc3)C(=O)O2)CC1=O. The van der Waals surface area contributed by atoms with Gasteiger partial charge in [-0.05, 0) is 43.3 Å². The molecule has 1 unspecified atom stereocenters. The van der Waals surface area contributed by atoms with Crippen LogP contribution in [0.25, 0.3) is 0 Å². The number of ether oxygens (including phenoxy) is 2. The van der Waals surface area contributed by atoms with E-state index in [2.05, 4.69) is 5.32 Å². The summed E-state index contributed by atoms with van der Waals surface area (Å²) in [7, 11) is 0. The third kappa shape index (κ3) is 6.50. The molecule has 2 aromatic rings. The van der Waals surface area contributed by atoms with Gasteiger partial charge in [-0.1, -0.05) is 18.2 Å². The van der Waals surface area contributed by atoms with E-state index in [1.54, 1.807) is 55.5 Å². The number of carbonyl (C=O) groups excluding carboxylic acids is 4. The summed E-state index contributed by atoms with van der Waals surface area (Å²) in [6, 6.07) is 15.3. The minimum atomic E-state index is -0.488. The van der Waals surface area contributed by atoms with Crippen molar-refractivity contribution in [3.8, 4) is 0 Å². The Morgan fingerprint density at radius 3 is 2.46 bits per heavy atom. The van der Waals surface area contributed by atoms with Crippen LogP contribution in [0.2, 0.25) is 0 Å². The summed E-state index contributed by atoms with van der Waals surface area (Å²) in [5, 5.41) is 10.8. The van der Waals surface area contributed by atoms with Crippen LogP contribution in [-0.2, 0) is 19.1 Å². The summed E-state index contributed by atoms with van der Waals surface area (Å²) in [5.41, 5.74) is 1.56. The number of benzene rings is 2. The summed E-state index contributed by atoms with van der Waals surface area (Å²) >= 11 is 0. The summed E-state index contributed by atoms with van der Waals surface area (Å²) in [6.07, 6.45) is -0.905. The van der Waals surface area contributed by atoms with Crippen molar-refractivity contribution in [1.29, 1.82) is 5.41 Å². The number of nitrogens with zero attached hydrogens (tertiary/aromatic N) is 3. The third-order valence-corrected chi connectivity index (χ3v) is 6.10. The molecule has 2 aliphatic rings. The number of hydrogen-bond donors (Lipinski definition) is 2. The first-order valence-electron chi connectivity index (χ1n) is 12.0. The molecule has 2 aliphatic heterocycles. The Hall–Kier alpha value is -4.25. The predicted molar refractivity (Wildman–Crippen MR) is 134 cm³/mol. The Balaban J connectivity index is 1.28. The Labute approximate surface area is 214 Å². The Morgan fingerprint density at radius 1 is 1.05 bits per heavy atom. The molecule has 0 saturated carbocycles. The molecule has 0 spiro atoms. The number of piperazine rings is 1. The average Bonchev–Trinajstić information content (AvgIpc) is 3.26. The lowest BCUT2D eigenvalue weighted by atomic mass is 10.1. The molecule has 0 radical (unpaired) electrons. The lowest BCUT2D eigenvalue weighted by Gasteiger charge is -2.34. The van der Waals surface area contributed by atoms with Gasteiger partial charge in [0.15, 0.2) is 0 Å². The molecule has 0 bridgehead atoms. The topological polar surface area (TPSA) is 132 Å². The average molecular weight is 508 g/mol. The predicted octanol–water partition coefficient (Wildman–Crippen LogP) is 1.47. The van der Waals surface area contributed by atoms with Gasteiger partial charge in [-0.3, -0.25) is 29.6 Å². The van der Waals surface area contributed by atoms with E-state index in [-0.39, 0.29) is 37.3 Å². The van der Waals surface area contributed by atoms with E-state index >= 15 is 0 Å². The van der Waals surface area contributed by atoms with Gasteiger partial charge in [0, 0.05) is 36.4 Å². The normalized spacial score (nSPS) is 17.9. The molecular formula is C26H29N5O6. The zero-order valence-corrected chi connectivity index (χ0v) is 20.5. The number of esters is 1. The maximum absolute atomic E-state index is 12.5. The smallest absolute Gasteiger partial charge is 0.414 e. The number of cyclic esters (lactones) is 1. The van der Waals surface area contributed by atoms with Crippen molar-refractivity contribution in [2.24, 2.45) is 0 Å². The molecular weight excluding hydrogens is 478 g/mol. The Bertz CT molecular complexity index is 1170. The highest BCUT2D eigenvalue weighted by Gasteiger charge is 2.35. The van der Waals surface area contributed by atoms with Crippen LogP contribution in [0.1, 0.15) is 22.8 Å². The number of amides is 3. The van der Waals surface area contributed by atoms with Crippen molar-refractivity contribution >= 4 is 35.4 Å². The van der Waals surface area contributed by atoms with Gasteiger partial charge in [0.2, 0.25) is 5.91 Å². The van der Waals surface area contributed by atoms with Gasteiger partial charge >= 0.3 is 12.1 Å². The second-order valence-electron chi connectivity index (χ2n) is 8.71. The van der Waals surface area contributed by atoms with Gasteiger partial charge in [0.25, 0.3) is 5.91 Å². The summed E-state index contributed by atoms with van der Waals surface area (Å²) in [5.74, 6) is -1.02. The van der Waals surface area contributed by atoms with Gasteiger partial charge in [-0.2, -0.15) is 0 Å². The largest absolute Gasteiger partial charge is 0.465 e. The molecule has 1 atom stereocenters. The summed E-state index contributed by atoms with van der Waals surface area (Å²) in [4.78, 5) is 53.8. The van der Waals surface area contributed by atoms with Crippen LogP contribution < -0.4 is 10.2 Å². The molecule has 2 fully saturated rings. The first-order valence-corrected chi connectivity index (χ1v) is 12.0. The summed E-state index contributed by atoms with van der Waals surface area (Å²) < 4.78 is 10.4. The fourth-order valence-electron chi connectivity index (χ4n) is 4.21. The number of carbonyl (C=O) groups is 4. The first kappa shape index (κ1) is 25.8. The van der Waals surface area contributed by atoms with Crippen molar-refractivity contribution in [2.45, 2.75) is 13.0 Å². The maximum Gasteiger partial charge on any atom is 0.414 e. The second kappa shape index (κ2) is 11.7. The zero-order chi connectivity index (χ0) is 26.4. The van der Waals surface area contributed by atoms with E-state index in [1.165, 1.54) is 9.80 Å². The zero-order valence-electron chi connectivity index (χ0n) is 20.5. The molecule has 2 aromatic carbocycles. The van der Waals surface area contributed by atoms with E-state index in [0.717, 1.165) is 0 Å². The van der Waals surface area contributed by atoms with Crippen molar-refractivity contribution < 1.29 is 28.7 Å². The van der Waals surface area contributed by atoms with Crippen LogP contribution in [0.5, 0.6) is 0 Å². The number of amidine groups is 1. The molecule has 2 saturated heterocycles. The van der Waals surface area contributed by atoms with E-state index in [4.69, 9.17) is 14.9 Å². The van der Waals surface area contributed by atoms with E-state index in [0.29, 0.717) is 43.0 Å². The van der Waals surface area contributed by atoms with E-state index in [9.17, 15) is 19.2 Å². The van der Waals surface area contributed by atoms with Crippen molar-refractivity contribution in [3.63, 3.8) is 0 Å². The fourth-order valence-corrected chi connectivity index (χ4v) is 4.21. The highest BCUT2D eigenvalue weighted by molar-refractivity contribution is 6.11. The number of hydrogen-bond acceptors (Lipinski definition) is 8. The minimum Gasteiger partial charge on any atom is -0.465 e. The molecule has 194 valence electrons. The molecule has 3 amide bonds. The Morgan fingerprint density at radius 2 is 1.78 bits per heavy atom. The molecule has 11 heteroatoms. The molecule has 4 rings (SSSR count). The van der Waals surface area contributed by atoms with E-state index < -0.39 is 18.2 Å². The highest BCUT2D eigenvalue weighted by Crippen LogP contribution is 2.23. The fraction of sp³-hybridized carbons (Fsp3) is 0.346. The number of nitrogens with one attached hydrogen (secondary N) is 2. The number of rotatable bonds is 8. The number of anilines is 1. The van der Waals surface area contributed by atoms with Crippen LogP contribution in [-0.4, -0.2) is 91.5 Å². The third-order valence-electron chi connectivity index (χ3n) is 6.10. The van der Waals surface area contributed by atoms with Gasteiger partial charge in [0.05, 0.1) is 19.7 Å². The van der Waals surface area contributed by atoms with Crippen LogP contribution in [0.4, 0.5) is 10.5 Å². The molecule has 11 nitrogen and oxygen atoms in total. The van der Waals surface area contributed by atoms with Crippen LogP contribution >= 0.6 is 0 Å². The first-order chi connectivity index (χ1) is 17.8.